The van der Waals surface area contributed by atoms with Crippen LogP contribution in [-0.4, -0.2) is 39.9 Å². The first-order valence-electron chi connectivity index (χ1n) is 7.67. The number of rotatable bonds is 9. The van der Waals surface area contributed by atoms with Gasteiger partial charge in [-0.2, -0.15) is 0 Å². The van der Waals surface area contributed by atoms with E-state index in [0.717, 1.165) is 5.56 Å². The minimum absolute atomic E-state index is 0.204. The van der Waals surface area contributed by atoms with Gasteiger partial charge in [0.05, 0.1) is 0 Å². The van der Waals surface area contributed by atoms with Gasteiger partial charge in [-0.15, -0.1) is 0 Å². The second kappa shape index (κ2) is 8.90. The van der Waals surface area contributed by atoms with E-state index in [1.807, 2.05) is 30.3 Å². The van der Waals surface area contributed by atoms with Crippen LogP contribution in [0, 0.1) is 0 Å². The number of carboxylic acids is 2. The fourth-order valence-electron chi connectivity index (χ4n) is 2.09. The number of aliphatic carboxylic acids is 2. The average molecular weight is 337 g/mol. The molecule has 0 heterocycles. The molecule has 1 atom stereocenters. The largest absolute Gasteiger partial charge is 0.481 e. The monoisotopic (exact) mass is 337 g/mol. The second-order valence-corrected chi connectivity index (χ2v) is 6.10. The highest BCUT2D eigenvalue weighted by Crippen LogP contribution is 2.18. The zero-order chi connectivity index (χ0) is 18.2. The molecule has 0 aromatic heterocycles. The number of alkyl carbamates (subject to hydrolysis) is 1. The summed E-state index contributed by atoms with van der Waals surface area (Å²) >= 11 is 0. The number of benzene rings is 1. The molecule has 0 fully saturated rings. The normalized spacial score (nSPS) is 12.2. The highest BCUT2D eigenvalue weighted by molar-refractivity contribution is 5.80. The van der Waals surface area contributed by atoms with Gasteiger partial charge in [0.15, 0.2) is 0 Å². The lowest BCUT2D eigenvalue weighted by atomic mass is 9.98. The van der Waals surface area contributed by atoms with E-state index in [9.17, 15) is 14.4 Å². The molecule has 7 nitrogen and oxygen atoms in total. The number of amides is 1. The maximum absolute atomic E-state index is 11.9. The summed E-state index contributed by atoms with van der Waals surface area (Å²) in [6.45, 7) is 3.48. The summed E-state index contributed by atoms with van der Waals surface area (Å²) in [5, 5.41) is 19.8. The predicted molar refractivity (Wildman–Crippen MR) is 86.8 cm³/mol. The van der Waals surface area contributed by atoms with E-state index in [-0.39, 0.29) is 12.8 Å². The van der Waals surface area contributed by atoms with Crippen LogP contribution in [0.1, 0.15) is 38.7 Å². The third kappa shape index (κ3) is 7.62. The third-order valence-electron chi connectivity index (χ3n) is 3.46. The highest BCUT2D eigenvalue weighted by Gasteiger charge is 2.27. The van der Waals surface area contributed by atoms with Crippen LogP contribution in [-0.2, 0) is 20.7 Å². The molecule has 0 spiro atoms. The smallest absolute Gasteiger partial charge is 0.408 e. The summed E-state index contributed by atoms with van der Waals surface area (Å²) in [4.78, 5) is 33.5. The van der Waals surface area contributed by atoms with Crippen molar-refractivity contribution in [1.82, 2.24) is 5.32 Å². The van der Waals surface area contributed by atoms with Gasteiger partial charge in [0, 0.05) is 6.42 Å². The Morgan fingerprint density at radius 1 is 1.17 bits per heavy atom. The van der Waals surface area contributed by atoms with Crippen molar-refractivity contribution in [2.24, 2.45) is 0 Å². The molecule has 132 valence electrons. The number of ether oxygens (including phenoxy) is 1. The lowest BCUT2D eigenvalue weighted by molar-refractivity contribution is -0.140. The van der Waals surface area contributed by atoms with Crippen molar-refractivity contribution in [3.8, 4) is 0 Å². The summed E-state index contributed by atoms with van der Waals surface area (Å²) in [6.07, 6.45) is -0.149. The highest BCUT2D eigenvalue weighted by atomic mass is 16.6. The van der Waals surface area contributed by atoms with Crippen molar-refractivity contribution in [2.75, 3.05) is 0 Å². The van der Waals surface area contributed by atoms with Crippen molar-refractivity contribution in [3.05, 3.63) is 35.9 Å². The van der Waals surface area contributed by atoms with Gasteiger partial charge in [-0.25, -0.2) is 9.59 Å². The summed E-state index contributed by atoms with van der Waals surface area (Å²) in [7, 11) is 0. The van der Waals surface area contributed by atoms with E-state index < -0.39 is 29.7 Å². The average Bonchev–Trinajstić information content (AvgIpc) is 2.49. The zero-order valence-corrected chi connectivity index (χ0v) is 13.8. The Morgan fingerprint density at radius 3 is 2.33 bits per heavy atom. The van der Waals surface area contributed by atoms with Gasteiger partial charge in [0.25, 0.3) is 0 Å². The van der Waals surface area contributed by atoms with Crippen molar-refractivity contribution in [2.45, 2.75) is 51.2 Å². The molecule has 1 rings (SSSR count). The van der Waals surface area contributed by atoms with Gasteiger partial charge in [-0.1, -0.05) is 30.3 Å². The molecule has 3 N–H and O–H groups in total. The standard InChI is InChI=1S/C17H23NO6/c1-17(2,11-10-12-6-4-3-5-7-12)24-16(23)18-13(15(21)22)8-9-14(19)20/h3-7,13H,8-11H2,1-2H3,(H,18,23)(H,19,20)(H,21,22)/t13-/m1/s1. The Kier molecular flexibility index (Phi) is 7.23. The van der Waals surface area contributed by atoms with Crippen LogP contribution >= 0.6 is 0 Å². The molecule has 0 aliphatic heterocycles. The maximum atomic E-state index is 11.9. The van der Waals surface area contributed by atoms with E-state index in [0.29, 0.717) is 12.8 Å². The molecular weight excluding hydrogens is 314 g/mol. The molecule has 1 aromatic rings. The number of hydrogen-bond donors (Lipinski definition) is 3. The molecule has 0 aliphatic rings. The molecule has 0 unspecified atom stereocenters. The molecule has 7 heteroatoms. The summed E-state index contributed by atoms with van der Waals surface area (Å²) < 4.78 is 5.29. The first-order valence-corrected chi connectivity index (χ1v) is 7.67. The van der Waals surface area contributed by atoms with Crippen molar-refractivity contribution >= 4 is 18.0 Å². The zero-order valence-electron chi connectivity index (χ0n) is 13.8. The SMILES string of the molecule is CC(C)(CCc1ccccc1)OC(=O)N[C@H](CCC(=O)O)C(=O)O. The Bertz CT molecular complexity index is 570. The lowest BCUT2D eigenvalue weighted by Crippen LogP contribution is -2.44. The number of carbonyl (C=O) groups excluding carboxylic acids is 1. The van der Waals surface area contributed by atoms with E-state index in [1.165, 1.54) is 0 Å². The molecule has 0 saturated carbocycles. The lowest BCUT2D eigenvalue weighted by Gasteiger charge is -2.26. The first-order chi connectivity index (χ1) is 11.2. The fraction of sp³-hybridized carbons (Fsp3) is 0.471. The van der Waals surface area contributed by atoms with Crippen LogP contribution in [0.25, 0.3) is 0 Å². The summed E-state index contributed by atoms with van der Waals surface area (Å²) in [5.74, 6) is -2.42. The van der Waals surface area contributed by atoms with Crippen LogP contribution in [0.15, 0.2) is 30.3 Å². The van der Waals surface area contributed by atoms with Crippen molar-refractivity contribution < 1.29 is 29.3 Å². The van der Waals surface area contributed by atoms with Gasteiger partial charge in [-0.05, 0) is 38.7 Å². The minimum atomic E-state index is -1.30. The Balaban J connectivity index is 2.50. The second-order valence-electron chi connectivity index (χ2n) is 6.10. The molecule has 0 bridgehead atoms. The molecular formula is C17H23NO6. The third-order valence-corrected chi connectivity index (χ3v) is 3.46. The first kappa shape index (κ1) is 19.5. The number of hydrogen-bond acceptors (Lipinski definition) is 4. The van der Waals surface area contributed by atoms with Gasteiger partial charge in [0.2, 0.25) is 0 Å². The van der Waals surface area contributed by atoms with E-state index in [2.05, 4.69) is 5.32 Å². The topological polar surface area (TPSA) is 113 Å². The van der Waals surface area contributed by atoms with Gasteiger partial charge < -0.3 is 20.3 Å². The van der Waals surface area contributed by atoms with E-state index in [1.54, 1.807) is 13.8 Å². The summed E-state index contributed by atoms with van der Waals surface area (Å²) in [6, 6.07) is 8.43. The quantitative estimate of drug-likeness (QED) is 0.638. The fourth-order valence-corrected chi connectivity index (χ4v) is 2.09. The molecule has 1 amide bonds. The van der Waals surface area contributed by atoms with Crippen molar-refractivity contribution in [1.29, 1.82) is 0 Å². The van der Waals surface area contributed by atoms with E-state index >= 15 is 0 Å². The van der Waals surface area contributed by atoms with Crippen molar-refractivity contribution in [3.63, 3.8) is 0 Å². The molecule has 1 aromatic carbocycles. The number of carboxylic acid groups (broad SMARTS) is 2. The number of carbonyl (C=O) groups is 3. The van der Waals surface area contributed by atoms with Gasteiger partial charge in [0.1, 0.15) is 11.6 Å². The van der Waals surface area contributed by atoms with Crippen LogP contribution in [0.3, 0.4) is 0 Å². The Hall–Kier alpha value is -2.57. The Labute approximate surface area is 140 Å². The Morgan fingerprint density at radius 2 is 1.79 bits per heavy atom. The van der Waals surface area contributed by atoms with Crippen LogP contribution in [0.4, 0.5) is 4.79 Å². The molecule has 0 aliphatic carbocycles. The van der Waals surface area contributed by atoms with Gasteiger partial charge in [-0.3, -0.25) is 4.79 Å². The minimum Gasteiger partial charge on any atom is -0.481 e. The van der Waals surface area contributed by atoms with Gasteiger partial charge >= 0.3 is 18.0 Å². The molecule has 24 heavy (non-hydrogen) atoms. The van der Waals surface area contributed by atoms with Crippen LogP contribution in [0.2, 0.25) is 0 Å². The van der Waals surface area contributed by atoms with Crippen LogP contribution < -0.4 is 5.32 Å². The van der Waals surface area contributed by atoms with Crippen LogP contribution in [0.5, 0.6) is 0 Å². The number of aryl methyl sites for hydroxylation is 1. The summed E-state index contributed by atoms with van der Waals surface area (Å²) in [5.41, 5.74) is 0.329. The van der Waals surface area contributed by atoms with E-state index in [4.69, 9.17) is 14.9 Å². The number of nitrogens with one attached hydrogen (secondary N) is 1. The molecule has 0 radical (unpaired) electrons. The predicted octanol–water partition coefficient (Wildman–Crippen LogP) is 2.44. The maximum Gasteiger partial charge on any atom is 0.408 e. The molecule has 0 saturated heterocycles.